The first-order chi connectivity index (χ1) is 19.3. The molecule has 0 saturated carbocycles. The Hall–Kier alpha value is -4.50. The lowest BCUT2D eigenvalue weighted by Crippen LogP contribution is -2.46. The van der Waals surface area contributed by atoms with Gasteiger partial charge in [0.1, 0.15) is 0 Å². The molecule has 3 aromatic carbocycles. The Morgan fingerprint density at radius 3 is 2.17 bits per heavy atom. The fraction of sp³-hybridized carbons (Fsp3) is 0.290. The van der Waals surface area contributed by atoms with E-state index in [-0.39, 0.29) is 31.0 Å². The number of nitrogens with one attached hydrogen (secondary N) is 2. The van der Waals surface area contributed by atoms with E-state index in [4.69, 9.17) is 5.21 Å². The molecule has 0 aliphatic rings. The van der Waals surface area contributed by atoms with Crippen LogP contribution in [0.1, 0.15) is 54.1 Å². The highest BCUT2D eigenvalue weighted by Crippen LogP contribution is 2.24. The molecule has 0 aliphatic carbocycles. The molecule has 9 nitrogen and oxygen atoms in total. The van der Waals surface area contributed by atoms with Crippen LogP contribution in [0.4, 0.5) is 0 Å². The average molecular weight is 546 g/mol. The minimum Gasteiger partial charge on any atom is -0.478 e. The Morgan fingerprint density at radius 1 is 0.850 bits per heavy atom. The normalized spacial score (nSPS) is 11.3. The summed E-state index contributed by atoms with van der Waals surface area (Å²) in [6.45, 7) is 1.98. The topological polar surface area (TPSA) is 136 Å². The number of unbranched alkanes of at least 4 members (excludes halogenated alkanes) is 1. The number of aromatic carboxylic acids is 1. The SMILES string of the molecule is CCCCC(=O)N(CC(=O)NC(CC(=O)NO)Cc1ccccc1)Cc1ccc(-c2ccccc2C(=O)O)cc1. The number of hydrogen-bond donors (Lipinski definition) is 4. The van der Waals surface area contributed by atoms with Crippen LogP contribution in [0.25, 0.3) is 11.1 Å². The van der Waals surface area contributed by atoms with Crippen molar-refractivity contribution >= 4 is 23.7 Å². The summed E-state index contributed by atoms with van der Waals surface area (Å²) in [6.07, 6.45) is 2.07. The van der Waals surface area contributed by atoms with Gasteiger partial charge in [0, 0.05) is 25.4 Å². The molecule has 3 aromatic rings. The van der Waals surface area contributed by atoms with Crippen molar-refractivity contribution in [2.24, 2.45) is 0 Å². The van der Waals surface area contributed by atoms with Gasteiger partial charge in [0.05, 0.1) is 12.1 Å². The van der Waals surface area contributed by atoms with Crippen LogP contribution in [0.2, 0.25) is 0 Å². The predicted octanol–water partition coefficient (Wildman–Crippen LogP) is 4.19. The molecule has 0 bridgehead atoms. The van der Waals surface area contributed by atoms with Crippen molar-refractivity contribution in [1.29, 1.82) is 0 Å². The summed E-state index contributed by atoms with van der Waals surface area (Å²) in [4.78, 5) is 51.1. The number of amides is 3. The molecule has 0 spiro atoms. The van der Waals surface area contributed by atoms with E-state index in [1.54, 1.807) is 41.9 Å². The molecule has 4 N–H and O–H groups in total. The second-order valence-electron chi connectivity index (χ2n) is 9.59. The molecule has 0 fully saturated rings. The van der Waals surface area contributed by atoms with Gasteiger partial charge in [-0.1, -0.05) is 86.1 Å². The van der Waals surface area contributed by atoms with Crippen LogP contribution in [-0.4, -0.2) is 51.5 Å². The molecule has 3 rings (SSSR count). The zero-order chi connectivity index (χ0) is 28.9. The lowest BCUT2D eigenvalue weighted by Gasteiger charge is -2.25. The Morgan fingerprint density at radius 2 is 1.52 bits per heavy atom. The van der Waals surface area contributed by atoms with Gasteiger partial charge in [0.15, 0.2) is 0 Å². The van der Waals surface area contributed by atoms with Gasteiger partial charge in [0.25, 0.3) is 0 Å². The molecular weight excluding hydrogens is 510 g/mol. The van der Waals surface area contributed by atoms with Crippen LogP contribution in [0.3, 0.4) is 0 Å². The number of carboxylic acids is 1. The van der Waals surface area contributed by atoms with Crippen molar-refractivity contribution in [2.45, 2.75) is 51.6 Å². The number of benzene rings is 3. The summed E-state index contributed by atoms with van der Waals surface area (Å²) in [5.74, 6) is -2.21. The van der Waals surface area contributed by atoms with Crippen LogP contribution >= 0.6 is 0 Å². The van der Waals surface area contributed by atoms with E-state index in [0.29, 0.717) is 24.8 Å². The second kappa shape index (κ2) is 15.2. The van der Waals surface area contributed by atoms with Gasteiger partial charge in [-0.3, -0.25) is 19.6 Å². The standard InChI is InChI=1S/C31H35N3O6/c1-2-3-13-30(37)34(20-23-14-16-24(17-15-23)26-11-7-8-12-27(26)31(38)39)21-29(36)32-25(19-28(35)33-40)18-22-9-5-4-6-10-22/h4-12,14-17,25,40H,2-3,13,18-21H2,1H3,(H,32,36)(H,33,35)(H,38,39). The smallest absolute Gasteiger partial charge is 0.336 e. The van der Waals surface area contributed by atoms with E-state index in [9.17, 15) is 24.3 Å². The Kier molecular flexibility index (Phi) is 11.4. The molecular formula is C31H35N3O6. The third-order valence-corrected chi connectivity index (χ3v) is 6.47. The molecule has 3 amide bonds. The first-order valence-corrected chi connectivity index (χ1v) is 13.3. The monoisotopic (exact) mass is 545 g/mol. The van der Waals surface area contributed by atoms with E-state index in [1.165, 1.54) is 4.90 Å². The van der Waals surface area contributed by atoms with Crippen molar-refractivity contribution in [3.63, 3.8) is 0 Å². The van der Waals surface area contributed by atoms with Gasteiger partial charge < -0.3 is 15.3 Å². The van der Waals surface area contributed by atoms with Gasteiger partial charge in [-0.2, -0.15) is 0 Å². The third kappa shape index (κ3) is 9.06. The summed E-state index contributed by atoms with van der Waals surface area (Å²) in [5, 5.41) is 21.3. The minimum atomic E-state index is -1.01. The highest BCUT2D eigenvalue weighted by Gasteiger charge is 2.22. The number of hydrogen-bond acceptors (Lipinski definition) is 5. The van der Waals surface area contributed by atoms with Crippen LogP contribution in [0.5, 0.6) is 0 Å². The average Bonchev–Trinajstić information content (AvgIpc) is 2.96. The molecule has 0 aromatic heterocycles. The van der Waals surface area contributed by atoms with Crippen LogP contribution in [0, 0.1) is 0 Å². The quantitative estimate of drug-likeness (QED) is 0.177. The fourth-order valence-electron chi connectivity index (χ4n) is 4.44. The molecule has 0 radical (unpaired) electrons. The summed E-state index contributed by atoms with van der Waals surface area (Å²) >= 11 is 0. The van der Waals surface area contributed by atoms with E-state index < -0.39 is 23.8 Å². The lowest BCUT2D eigenvalue weighted by atomic mass is 9.98. The molecule has 40 heavy (non-hydrogen) atoms. The zero-order valence-corrected chi connectivity index (χ0v) is 22.5. The largest absolute Gasteiger partial charge is 0.478 e. The Bertz CT molecular complexity index is 1290. The van der Waals surface area contributed by atoms with Crippen molar-refractivity contribution in [1.82, 2.24) is 15.7 Å². The molecule has 0 aliphatic heterocycles. The maximum Gasteiger partial charge on any atom is 0.336 e. The molecule has 9 heteroatoms. The third-order valence-electron chi connectivity index (χ3n) is 6.47. The van der Waals surface area contributed by atoms with Gasteiger partial charge in [0.2, 0.25) is 17.7 Å². The van der Waals surface area contributed by atoms with Gasteiger partial charge >= 0.3 is 5.97 Å². The number of rotatable bonds is 14. The number of hydroxylamine groups is 1. The predicted molar refractivity (Wildman–Crippen MR) is 150 cm³/mol. The minimum absolute atomic E-state index is 0.125. The number of carbonyl (C=O) groups is 4. The second-order valence-corrected chi connectivity index (χ2v) is 9.59. The maximum absolute atomic E-state index is 13.1. The zero-order valence-electron chi connectivity index (χ0n) is 22.5. The van der Waals surface area contributed by atoms with Crippen LogP contribution in [0.15, 0.2) is 78.9 Å². The fourth-order valence-corrected chi connectivity index (χ4v) is 4.44. The van der Waals surface area contributed by atoms with Crippen molar-refractivity contribution in [3.05, 3.63) is 95.6 Å². The summed E-state index contributed by atoms with van der Waals surface area (Å²) < 4.78 is 0. The van der Waals surface area contributed by atoms with E-state index in [1.807, 2.05) is 49.4 Å². The van der Waals surface area contributed by atoms with Gasteiger partial charge in [-0.15, -0.1) is 0 Å². The van der Waals surface area contributed by atoms with Crippen molar-refractivity contribution < 1.29 is 29.5 Å². The van der Waals surface area contributed by atoms with Crippen LogP contribution < -0.4 is 10.8 Å². The lowest BCUT2D eigenvalue weighted by molar-refractivity contribution is -0.137. The van der Waals surface area contributed by atoms with Crippen molar-refractivity contribution in [3.8, 4) is 11.1 Å². The molecule has 0 heterocycles. The first kappa shape index (κ1) is 30.0. The van der Waals surface area contributed by atoms with Crippen molar-refractivity contribution in [2.75, 3.05) is 6.54 Å². The van der Waals surface area contributed by atoms with E-state index in [0.717, 1.165) is 23.1 Å². The highest BCUT2D eigenvalue weighted by molar-refractivity contribution is 5.96. The Labute approximate surface area is 233 Å². The first-order valence-electron chi connectivity index (χ1n) is 13.3. The number of carbonyl (C=O) groups excluding carboxylic acids is 3. The molecule has 0 saturated heterocycles. The number of carboxylic acid groups (broad SMARTS) is 1. The molecule has 210 valence electrons. The van der Waals surface area contributed by atoms with E-state index >= 15 is 0 Å². The van der Waals surface area contributed by atoms with Crippen LogP contribution in [-0.2, 0) is 27.3 Å². The Balaban J connectivity index is 1.74. The van der Waals surface area contributed by atoms with Gasteiger partial charge in [-0.25, -0.2) is 10.3 Å². The molecule has 1 atom stereocenters. The summed E-state index contributed by atoms with van der Waals surface area (Å²) in [5.41, 5.74) is 4.83. The summed E-state index contributed by atoms with van der Waals surface area (Å²) in [6, 6.07) is 22.8. The highest BCUT2D eigenvalue weighted by atomic mass is 16.5. The number of nitrogens with zero attached hydrogens (tertiary/aromatic N) is 1. The summed E-state index contributed by atoms with van der Waals surface area (Å²) in [7, 11) is 0. The maximum atomic E-state index is 13.1. The van der Waals surface area contributed by atoms with Gasteiger partial charge in [-0.05, 0) is 41.2 Å². The van der Waals surface area contributed by atoms with E-state index in [2.05, 4.69) is 5.32 Å². The molecule has 1 unspecified atom stereocenters.